The number of nitrogens with zero attached hydrogens (tertiary/aromatic N) is 1. The highest BCUT2D eigenvalue weighted by Crippen LogP contribution is 2.33. The van der Waals surface area contributed by atoms with Crippen LogP contribution in [0.15, 0.2) is 29.4 Å². The molecule has 0 bridgehead atoms. The second-order valence-electron chi connectivity index (χ2n) is 5.59. The molecular formula is C14H19NO. The highest BCUT2D eigenvalue weighted by molar-refractivity contribution is 6.03. The molecule has 1 aromatic rings. The predicted molar refractivity (Wildman–Crippen MR) is 66.2 cm³/mol. The fourth-order valence-electron chi connectivity index (χ4n) is 1.87. The first-order chi connectivity index (χ1) is 7.52. The van der Waals surface area contributed by atoms with Crippen LogP contribution in [0.5, 0.6) is 0 Å². The van der Waals surface area contributed by atoms with Crippen molar-refractivity contribution >= 4 is 5.71 Å². The molecule has 0 radical (unpaired) electrons. The number of rotatable bonds is 2. The van der Waals surface area contributed by atoms with Gasteiger partial charge in [0.15, 0.2) is 0 Å². The molecule has 2 nitrogen and oxygen atoms in total. The summed E-state index contributed by atoms with van der Waals surface area (Å²) in [5.41, 5.74) is 3.39. The Hall–Kier alpha value is -1.31. The minimum atomic E-state index is 0.175. The highest BCUT2D eigenvalue weighted by Gasteiger charge is 2.29. The molecule has 16 heavy (non-hydrogen) atoms. The maximum absolute atomic E-state index is 9.01. The third-order valence-electron chi connectivity index (χ3n) is 3.12. The Kier molecular flexibility index (Phi) is 2.75. The first-order valence-corrected chi connectivity index (χ1v) is 5.85. The first kappa shape index (κ1) is 11.2. The van der Waals surface area contributed by atoms with Crippen molar-refractivity contribution in [2.24, 2.45) is 11.1 Å². The quantitative estimate of drug-likeness (QED) is 0.458. The normalized spacial score (nSPS) is 17.6. The van der Waals surface area contributed by atoms with Crippen molar-refractivity contribution < 1.29 is 5.21 Å². The summed E-state index contributed by atoms with van der Waals surface area (Å²) >= 11 is 0. The van der Waals surface area contributed by atoms with E-state index in [1.807, 2.05) is 0 Å². The lowest BCUT2D eigenvalue weighted by molar-refractivity contribution is 0.317. The zero-order chi connectivity index (χ0) is 11.8. The van der Waals surface area contributed by atoms with Gasteiger partial charge in [0, 0.05) is 5.92 Å². The van der Waals surface area contributed by atoms with Crippen molar-refractivity contribution in [2.75, 3.05) is 0 Å². The molecule has 0 aromatic heterocycles. The molecule has 0 amide bonds. The lowest BCUT2D eigenvalue weighted by Crippen LogP contribution is -2.11. The van der Waals surface area contributed by atoms with Gasteiger partial charge in [-0.3, -0.25) is 0 Å². The molecule has 86 valence electrons. The van der Waals surface area contributed by atoms with Crippen LogP contribution >= 0.6 is 0 Å². The van der Waals surface area contributed by atoms with Crippen molar-refractivity contribution in [2.45, 2.75) is 39.0 Å². The Morgan fingerprint density at radius 2 is 1.75 bits per heavy atom. The van der Waals surface area contributed by atoms with E-state index in [1.165, 1.54) is 5.56 Å². The summed E-state index contributed by atoms with van der Waals surface area (Å²) in [7, 11) is 0. The molecule has 0 unspecified atom stereocenters. The van der Waals surface area contributed by atoms with E-state index in [4.69, 9.17) is 5.21 Å². The number of benzene rings is 1. The summed E-state index contributed by atoms with van der Waals surface area (Å²) in [5.74, 6) is 0.477. The minimum absolute atomic E-state index is 0.175. The van der Waals surface area contributed by atoms with E-state index in [1.54, 1.807) is 0 Å². The van der Waals surface area contributed by atoms with Crippen LogP contribution in [0, 0.1) is 5.92 Å². The highest BCUT2D eigenvalue weighted by atomic mass is 16.4. The van der Waals surface area contributed by atoms with Gasteiger partial charge >= 0.3 is 0 Å². The molecule has 2 heteroatoms. The van der Waals surface area contributed by atoms with Gasteiger partial charge in [0.2, 0.25) is 0 Å². The van der Waals surface area contributed by atoms with E-state index >= 15 is 0 Å². The Balaban J connectivity index is 2.25. The van der Waals surface area contributed by atoms with Crippen LogP contribution in [-0.2, 0) is 5.41 Å². The molecule has 1 aliphatic carbocycles. The average molecular weight is 217 g/mol. The molecule has 0 heterocycles. The Bertz CT molecular complexity index is 394. The third-order valence-corrected chi connectivity index (χ3v) is 3.12. The molecule has 1 saturated carbocycles. The SMILES string of the molecule is CC(C)(C)c1ccc(C(=NO)C2CC2)cc1. The number of hydrogen-bond acceptors (Lipinski definition) is 2. The van der Waals surface area contributed by atoms with Crippen molar-refractivity contribution in [1.82, 2.24) is 0 Å². The first-order valence-electron chi connectivity index (χ1n) is 5.85. The van der Waals surface area contributed by atoms with E-state index in [0.717, 1.165) is 24.1 Å². The Morgan fingerprint density at radius 1 is 1.19 bits per heavy atom. The largest absolute Gasteiger partial charge is 0.411 e. The van der Waals surface area contributed by atoms with Crippen LogP contribution in [-0.4, -0.2) is 10.9 Å². The summed E-state index contributed by atoms with van der Waals surface area (Å²) in [6.45, 7) is 6.60. The fraction of sp³-hybridized carbons (Fsp3) is 0.500. The van der Waals surface area contributed by atoms with Gasteiger partial charge in [-0.05, 0) is 29.4 Å². The lowest BCUT2D eigenvalue weighted by atomic mass is 9.86. The summed E-state index contributed by atoms with van der Waals surface area (Å²) in [4.78, 5) is 0. The van der Waals surface area contributed by atoms with Gasteiger partial charge in [-0.2, -0.15) is 0 Å². The van der Waals surface area contributed by atoms with Crippen LogP contribution < -0.4 is 0 Å². The molecule has 0 spiro atoms. The van der Waals surface area contributed by atoms with E-state index in [-0.39, 0.29) is 5.41 Å². The van der Waals surface area contributed by atoms with Crippen molar-refractivity contribution in [3.8, 4) is 0 Å². The lowest BCUT2D eigenvalue weighted by Gasteiger charge is -2.19. The van der Waals surface area contributed by atoms with Gasteiger partial charge in [0.05, 0.1) is 5.71 Å². The van der Waals surface area contributed by atoms with Crippen molar-refractivity contribution in [3.63, 3.8) is 0 Å². The number of oxime groups is 1. The van der Waals surface area contributed by atoms with Gasteiger partial charge < -0.3 is 5.21 Å². The maximum atomic E-state index is 9.01. The summed E-state index contributed by atoms with van der Waals surface area (Å²) < 4.78 is 0. The molecular weight excluding hydrogens is 198 g/mol. The molecule has 1 fully saturated rings. The fourth-order valence-corrected chi connectivity index (χ4v) is 1.87. The Morgan fingerprint density at radius 3 is 2.12 bits per heavy atom. The standard InChI is InChI=1S/C14H19NO/c1-14(2,3)12-8-6-11(7-9-12)13(15-16)10-4-5-10/h6-10,16H,4-5H2,1-3H3. The van der Waals surface area contributed by atoms with Crippen LogP contribution in [0.1, 0.15) is 44.7 Å². The molecule has 1 N–H and O–H groups in total. The maximum Gasteiger partial charge on any atom is 0.0898 e. The second kappa shape index (κ2) is 3.93. The number of hydrogen-bond donors (Lipinski definition) is 1. The monoisotopic (exact) mass is 217 g/mol. The average Bonchev–Trinajstić information content (AvgIpc) is 3.03. The van der Waals surface area contributed by atoms with Gasteiger partial charge in [0.25, 0.3) is 0 Å². The molecule has 1 aromatic carbocycles. The predicted octanol–water partition coefficient (Wildman–Crippen LogP) is 3.57. The van der Waals surface area contributed by atoms with E-state index in [0.29, 0.717) is 5.92 Å². The van der Waals surface area contributed by atoms with Crippen LogP contribution in [0.4, 0.5) is 0 Å². The van der Waals surface area contributed by atoms with Gasteiger partial charge in [-0.1, -0.05) is 50.2 Å². The van der Waals surface area contributed by atoms with Crippen LogP contribution in [0.2, 0.25) is 0 Å². The Labute approximate surface area is 97.0 Å². The van der Waals surface area contributed by atoms with E-state index in [9.17, 15) is 0 Å². The molecule has 1 aliphatic rings. The zero-order valence-electron chi connectivity index (χ0n) is 10.2. The molecule has 0 aliphatic heterocycles. The van der Waals surface area contributed by atoms with E-state index in [2.05, 4.69) is 50.2 Å². The van der Waals surface area contributed by atoms with Gasteiger partial charge in [-0.15, -0.1) is 0 Å². The smallest absolute Gasteiger partial charge is 0.0898 e. The summed E-state index contributed by atoms with van der Waals surface area (Å²) in [6, 6.07) is 8.38. The topological polar surface area (TPSA) is 32.6 Å². The van der Waals surface area contributed by atoms with Crippen molar-refractivity contribution in [1.29, 1.82) is 0 Å². The summed E-state index contributed by atoms with van der Waals surface area (Å²) in [6.07, 6.45) is 2.31. The zero-order valence-corrected chi connectivity index (χ0v) is 10.2. The van der Waals surface area contributed by atoms with Gasteiger partial charge in [-0.25, -0.2) is 0 Å². The van der Waals surface area contributed by atoms with Crippen LogP contribution in [0.3, 0.4) is 0 Å². The molecule has 0 atom stereocenters. The van der Waals surface area contributed by atoms with Gasteiger partial charge in [0.1, 0.15) is 0 Å². The molecule has 0 saturated heterocycles. The van der Waals surface area contributed by atoms with E-state index < -0.39 is 0 Å². The summed E-state index contributed by atoms with van der Waals surface area (Å²) in [5, 5.41) is 12.4. The van der Waals surface area contributed by atoms with Crippen LogP contribution in [0.25, 0.3) is 0 Å². The molecule has 2 rings (SSSR count). The third kappa shape index (κ3) is 2.26. The van der Waals surface area contributed by atoms with Crippen molar-refractivity contribution in [3.05, 3.63) is 35.4 Å². The second-order valence-corrected chi connectivity index (χ2v) is 5.59. The minimum Gasteiger partial charge on any atom is -0.411 e.